The van der Waals surface area contributed by atoms with Crippen molar-refractivity contribution in [3.8, 4) is 5.75 Å². The van der Waals surface area contributed by atoms with Crippen LogP contribution in [0.15, 0.2) is 18.7 Å². The van der Waals surface area contributed by atoms with Gasteiger partial charge in [-0.05, 0) is 42.0 Å². The first-order valence-electron chi connectivity index (χ1n) is 5.39. The SMILES string of the molecule is C=Cc1cc(C(C)(C)CC)c(O)cc1C. The highest BCUT2D eigenvalue weighted by atomic mass is 16.3. The van der Waals surface area contributed by atoms with E-state index in [1.165, 1.54) is 0 Å². The summed E-state index contributed by atoms with van der Waals surface area (Å²) in [5.74, 6) is 0.393. The molecule has 1 aromatic rings. The normalized spacial score (nSPS) is 11.5. The van der Waals surface area contributed by atoms with Gasteiger partial charge in [0.2, 0.25) is 0 Å². The first-order chi connectivity index (χ1) is 6.92. The van der Waals surface area contributed by atoms with Crippen molar-refractivity contribution in [1.29, 1.82) is 0 Å². The van der Waals surface area contributed by atoms with Gasteiger partial charge in [0.05, 0.1) is 0 Å². The number of hydrogen-bond acceptors (Lipinski definition) is 1. The van der Waals surface area contributed by atoms with Crippen LogP contribution >= 0.6 is 0 Å². The van der Waals surface area contributed by atoms with Crippen LogP contribution in [0.2, 0.25) is 0 Å². The van der Waals surface area contributed by atoms with Crippen molar-refractivity contribution < 1.29 is 5.11 Å². The van der Waals surface area contributed by atoms with Crippen LogP contribution in [0.25, 0.3) is 6.08 Å². The molecule has 1 aromatic carbocycles. The Morgan fingerprint density at radius 1 is 1.40 bits per heavy atom. The second-order valence-corrected chi connectivity index (χ2v) is 4.67. The van der Waals surface area contributed by atoms with Crippen molar-refractivity contribution in [1.82, 2.24) is 0 Å². The molecular weight excluding hydrogens is 184 g/mol. The molecule has 0 bridgehead atoms. The smallest absolute Gasteiger partial charge is 0.119 e. The minimum Gasteiger partial charge on any atom is -0.508 e. The van der Waals surface area contributed by atoms with E-state index < -0.39 is 0 Å². The number of rotatable bonds is 3. The Balaban J connectivity index is 3.36. The molecule has 1 heteroatoms. The minimum absolute atomic E-state index is 0.00947. The van der Waals surface area contributed by atoms with Gasteiger partial charge in [0, 0.05) is 5.56 Å². The largest absolute Gasteiger partial charge is 0.508 e. The molecule has 15 heavy (non-hydrogen) atoms. The van der Waals surface area contributed by atoms with Crippen molar-refractivity contribution in [2.45, 2.75) is 39.5 Å². The average molecular weight is 204 g/mol. The third kappa shape index (κ3) is 2.23. The second-order valence-electron chi connectivity index (χ2n) is 4.67. The van der Waals surface area contributed by atoms with Gasteiger partial charge in [-0.3, -0.25) is 0 Å². The van der Waals surface area contributed by atoms with E-state index in [4.69, 9.17) is 0 Å². The first kappa shape index (κ1) is 11.8. The maximum atomic E-state index is 9.94. The number of aryl methyl sites for hydroxylation is 1. The highest BCUT2D eigenvalue weighted by Crippen LogP contribution is 2.35. The van der Waals surface area contributed by atoms with Crippen molar-refractivity contribution >= 4 is 6.08 Å². The predicted octanol–water partition coefficient (Wildman–Crippen LogP) is 4.03. The molecule has 0 unspecified atom stereocenters. The summed E-state index contributed by atoms with van der Waals surface area (Å²) in [7, 11) is 0. The Morgan fingerprint density at radius 3 is 2.47 bits per heavy atom. The highest BCUT2D eigenvalue weighted by Gasteiger charge is 2.22. The van der Waals surface area contributed by atoms with E-state index in [1.807, 2.05) is 25.1 Å². The maximum Gasteiger partial charge on any atom is 0.119 e. The molecule has 0 heterocycles. The zero-order chi connectivity index (χ0) is 11.6. The topological polar surface area (TPSA) is 20.2 Å². The predicted molar refractivity (Wildman–Crippen MR) is 66.3 cm³/mol. The lowest BCUT2D eigenvalue weighted by molar-refractivity contribution is 0.428. The quantitative estimate of drug-likeness (QED) is 0.788. The lowest BCUT2D eigenvalue weighted by Crippen LogP contribution is -2.16. The molecule has 0 aliphatic rings. The van der Waals surface area contributed by atoms with Crippen LogP contribution in [-0.2, 0) is 5.41 Å². The Kier molecular flexibility index (Phi) is 3.23. The molecule has 0 atom stereocenters. The summed E-state index contributed by atoms with van der Waals surface area (Å²) < 4.78 is 0. The van der Waals surface area contributed by atoms with Crippen molar-refractivity contribution in [3.05, 3.63) is 35.4 Å². The van der Waals surface area contributed by atoms with Crippen molar-refractivity contribution in [2.24, 2.45) is 0 Å². The monoisotopic (exact) mass is 204 g/mol. The van der Waals surface area contributed by atoms with E-state index in [0.29, 0.717) is 5.75 Å². The molecular formula is C14H20O. The van der Waals surface area contributed by atoms with Gasteiger partial charge in [0.25, 0.3) is 0 Å². The van der Waals surface area contributed by atoms with Gasteiger partial charge >= 0.3 is 0 Å². The molecule has 0 amide bonds. The van der Waals surface area contributed by atoms with E-state index in [9.17, 15) is 5.11 Å². The fourth-order valence-electron chi connectivity index (χ4n) is 1.66. The molecule has 0 aliphatic heterocycles. The number of hydrogen-bond donors (Lipinski definition) is 1. The molecule has 0 aliphatic carbocycles. The van der Waals surface area contributed by atoms with Crippen LogP contribution < -0.4 is 0 Å². The standard InChI is InChI=1S/C14H20O/c1-6-11-9-12(14(4,5)7-2)13(15)8-10(11)3/h6,8-9,15H,1,7H2,2-5H3. The summed E-state index contributed by atoms with van der Waals surface area (Å²) in [4.78, 5) is 0. The molecule has 0 spiro atoms. The first-order valence-corrected chi connectivity index (χ1v) is 5.39. The molecule has 1 rings (SSSR count). The average Bonchev–Trinajstić information content (AvgIpc) is 2.17. The lowest BCUT2D eigenvalue weighted by atomic mass is 9.80. The van der Waals surface area contributed by atoms with Gasteiger partial charge in [-0.2, -0.15) is 0 Å². The molecule has 0 saturated carbocycles. The molecule has 0 aromatic heterocycles. The van der Waals surface area contributed by atoms with Gasteiger partial charge in [0.15, 0.2) is 0 Å². The fourth-order valence-corrected chi connectivity index (χ4v) is 1.66. The molecule has 1 nitrogen and oxygen atoms in total. The highest BCUT2D eigenvalue weighted by molar-refractivity contribution is 5.57. The van der Waals surface area contributed by atoms with Crippen LogP contribution in [0, 0.1) is 6.92 Å². The number of benzene rings is 1. The number of phenols is 1. The van der Waals surface area contributed by atoms with E-state index in [2.05, 4.69) is 27.4 Å². The van der Waals surface area contributed by atoms with E-state index in [1.54, 1.807) is 0 Å². The summed E-state index contributed by atoms with van der Waals surface area (Å²) in [6, 6.07) is 3.87. The molecule has 1 N–H and O–H groups in total. The Morgan fingerprint density at radius 2 is 2.00 bits per heavy atom. The molecule has 0 radical (unpaired) electrons. The van der Waals surface area contributed by atoms with Gasteiger partial charge < -0.3 is 5.11 Å². The molecule has 82 valence electrons. The summed E-state index contributed by atoms with van der Waals surface area (Å²) in [5, 5.41) is 9.94. The zero-order valence-electron chi connectivity index (χ0n) is 10.1. The molecule has 0 saturated heterocycles. The van der Waals surface area contributed by atoms with Gasteiger partial charge in [-0.25, -0.2) is 0 Å². The Bertz CT molecular complexity index is 375. The Labute approximate surface area is 92.5 Å². The number of aromatic hydroxyl groups is 1. The third-order valence-corrected chi connectivity index (χ3v) is 3.22. The summed E-state index contributed by atoms with van der Waals surface area (Å²) >= 11 is 0. The van der Waals surface area contributed by atoms with Crippen LogP contribution in [0.3, 0.4) is 0 Å². The Hall–Kier alpha value is -1.24. The van der Waals surface area contributed by atoms with Crippen molar-refractivity contribution in [3.63, 3.8) is 0 Å². The lowest BCUT2D eigenvalue weighted by Gasteiger charge is -2.25. The van der Waals surface area contributed by atoms with Crippen LogP contribution in [0.1, 0.15) is 43.9 Å². The van der Waals surface area contributed by atoms with E-state index in [-0.39, 0.29) is 5.41 Å². The van der Waals surface area contributed by atoms with Gasteiger partial charge in [-0.1, -0.05) is 33.4 Å². The fraction of sp³-hybridized carbons (Fsp3) is 0.429. The third-order valence-electron chi connectivity index (χ3n) is 3.22. The number of phenolic OH excluding ortho intramolecular Hbond substituents is 1. The zero-order valence-corrected chi connectivity index (χ0v) is 10.1. The second kappa shape index (κ2) is 4.09. The van der Waals surface area contributed by atoms with Gasteiger partial charge in [0.1, 0.15) is 5.75 Å². The summed E-state index contributed by atoms with van der Waals surface area (Å²) in [5.41, 5.74) is 3.18. The van der Waals surface area contributed by atoms with E-state index in [0.717, 1.165) is 23.1 Å². The van der Waals surface area contributed by atoms with Gasteiger partial charge in [-0.15, -0.1) is 0 Å². The summed E-state index contributed by atoms with van der Waals surface area (Å²) in [6.07, 6.45) is 2.84. The maximum absolute atomic E-state index is 9.94. The van der Waals surface area contributed by atoms with Crippen LogP contribution in [0.5, 0.6) is 5.75 Å². The molecule has 0 fully saturated rings. The van der Waals surface area contributed by atoms with Crippen LogP contribution in [0.4, 0.5) is 0 Å². The van der Waals surface area contributed by atoms with Crippen molar-refractivity contribution in [2.75, 3.05) is 0 Å². The summed E-state index contributed by atoms with van der Waals surface area (Å²) in [6.45, 7) is 12.2. The van der Waals surface area contributed by atoms with E-state index >= 15 is 0 Å². The minimum atomic E-state index is 0.00947. The van der Waals surface area contributed by atoms with Crippen LogP contribution in [-0.4, -0.2) is 5.11 Å².